The topological polar surface area (TPSA) is 62.3 Å². The number of nitrogens with two attached hydrogens (primary N) is 1. The third kappa shape index (κ3) is 3.03. The lowest BCUT2D eigenvalue weighted by Gasteiger charge is -2.16. The molecule has 2 rings (SSSR count). The number of hydrogen-bond acceptors (Lipinski definition) is 4. The second-order valence-electron chi connectivity index (χ2n) is 4.60. The molecule has 108 valence electrons. The van der Waals surface area contributed by atoms with Crippen LogP contribution < -0.4 is 15.4 Å². The summed E-state index contributed by atoms with van der Waals surface area (Å²) >= 11 is 0. The zero-order chi connectivity index (χ0) is 15.6. The van der Waals surface area contributed by atoms with Crippen molar-refractivity contribution in [2.24, 2.45) is 0 Å². The Bertz CT molecular complexity index is 700. The van der Waals surface area contributed by atoms with E-state index >= 15 is 0 Å². The summed E-state index contributed by atoms with van der Waals surface area (Å²) in [6.45, 7) is 0. The highest BCUT2D eigenvalue weighted by Gasteiger charge is 2.15. The van der Waals surface area contributed by atoms with E-state index in [2.05, 4.69) is 0 Å². The van der Waals surface area contributed by atoms with E-state index in [9.17, 15) is 8.78 Å². The van der Waals surface area contributed by atoms with Gasteiger partial charge in [0.2, 0.25) is 0 Å². The summed E-state index contributed by atoms with van der Waals surface area (Å²) in [5.41, 5.74) is 6.66. The Kier molecular flexibility index (Phi) is 3.94. The summed E-state index contributed by atoms with van der Waals surface area (Å²) in [6.07, 6.45) is 0. The molecule has 4 nitrogen and oxygen atoms in total. The van der Waals surface area contributed by atoms with E-state index in [1.54, 1.807) is 29.2 Å². The maximum absolute atomic E-state index is 13.8. The first-order valence-corrected chi connectivity index (χ1v) is 6.06. The van der Waals surface area contributed by atoms with Crippen molar-refractivity contribution in [2.75, 3.05) is 24.7 Å². The molecule has 0 atom stereocenters. The molecule has 2 aromatic carbocycles. The monoisotopic (exact) mass is 289 g/mol. The van der Waals surface area contributed by atoms with Crippen LogP contribution in [0.3, 0.4) is 0 Å². The maximum atomic E-state index is 13.8. The van der Waals surface area contributed by atoms with Crippen LogP contribution in [0.25, 0.3) is 0 Å². The lowest BCUT2D eigenvalue weighted by molar-refractivity contribution is 0.409. The number of nitrogen functional groups attached to an aromatic ring is 1. The minimum Gasteiger partial charge on any atom is -0.449 e. The van der Waals surface area contributed by atoms with Crippen molar-refractivity contribution in [2.45, 2.75) is 0 Å². The number of halogens is 2. The van der Waals surface area contributed by atoms with Gasteiger partial charge < -0.3 is 15.4 Å². The van der Waals surface area contributed by atoms with E-state index in [0.29, 0.717) is 0 Å². The van der Waals surface area contributed by atoms with Crippen molar-refractivity contribution in [1.29, 1.82) is 5.26 Å². The average Bonchev–Trinajstić information content (AvgIpc) is 2.44. The van der Waals surface area contributed by atoms with Gasteiger partial charge in [-0.05, 0) is 24.3 Å². The molecule has 2 N–H and O–H groups in total. The number of nitriles is 1. The number of ether oxygens (including phenoxy) is 1. The zero-order valence-electron chi connectivity index (χ0n) is 11.5. The molecule has 0 saturated heterocycles. The van der Waals surface area contributed by atoms with E-state index in [1.165, 1.54) is 0 Å². The van der Waals surface area contributed by atoms with Gasteiger partial charge in [-0.3, -0.25) is 0 Å². The molecule has 0 saturated carbocycles. The van der Waals surface area contributed by atoms with Crippen molar-refractivity contribution >= 4 is 11.4 Å². The van der Waals surface area contributed by atoms with Gasteiger partial charge in [-0.2, -0.15) is 5.26 Å². The molecule has 0 spiro atoms. The summed E-state index contributed by atoms with van der Waals surface area (Å²) < 4.78 is 32.9. The van der Waals surface area contributed by atoms with Crippen molar-refractivity contribution in [1.82, 2.24) is 0 Å². The summed E-state index contributed by atoms with van der Waals surface area (Å²) in [6, 6.07) is 8.40. The third-order valence-electron chi connectivity index (χ3n) is 2.85. The number of nitrogens with zero attached hydrogens (tertiary/aromatic N) is 2. The highest BCUT2D eigenvalue weighted by molar-refractivity contribution is 5.63. The van der Waals surface area contributed by atoms with Crippen LogP contribution in [0.4, 0.5) is 20.2 Å². The molecule has 21 heavy (non-hydrogen) atoms. The van der Waals surface area contributed by atoms with Gasteiger partial charge in [-0.25, -0.2) is 8.78 Å². The lowest BCUT2D eigenvalue weighted by Crippen LogP contribution is -2.09. The second-order valence-corrected chi connectivity index (χ2v) is 4.60. The fourth-order valence-corrected chi connectivity index (χ4v) is 1.72. The van der Waals surface area contributed by atoms with E-state index in [0.717, 1.165) is 17.8 Å². The summed E-state index contributed by atoms with van der Waals surface area (Å²) in [5.74, 6) is -2.36. The molecule has 0 amide bonds. The van der Waals surface area contributed by atoms with Gasteiger partial charge in [-0.1, -0.05) is 0 Å². The van der Waals surface area contributed by atoms with Gasteiger partial charge in [0.15, 0.2) is 23.1 Å². The number of anilines is 2. The molecule has 0 unspecified atom stereocenters. The standard InChI is InChI=1S/C15H13F2N3O/c1-20(2)10-3-4-13(19)14(7-10)21-15-11(16)5-9(8-18)6-12(15)17/h3-7H,19H2,1-2H3. The van der Waals surface area contributed by atoms with Crippen molar-refractivity contribution in [3.63, 3.8) is 0 Å². The van der Waals surface area contributed by atoms with Crippen molar-refractivity contribution in [3.05, 3.63) is 47.5 Å². The fourth-order valence-electron chi connectivity index (χ4n) is 1.72. The normalized spacial score (nSPS) is 10.0. The van der Waals surface area contributed by atoms with E-state index < -0.39 is 17.4 Å². The highest BCUT2D eigenvalue weighted by atomic mass is 19.1. The molecular formula is C15H13F2N3O. The Morgan fingerprint density at radius 3 is 2.29 bits per heavy atom. The summed E-state index contributed by atoms with van der Waals surface area (Å²) in [5, 5.41) is 8.66. The van der Waals surface area contributed by atoms with E-state index in [-0.39, 0.29) is 17.0 Å². The maximum Gasteiger partial charge on any atom is 0.198 e. The minimum atomic E-state index is -0.957. The fraction of sp³-hybridized carbons (Fsp3) is 0.133. The molecule has 0 bridgehead atoms. The Morgan fingerprint density at radius 2 is 1.76 bits per heavy atom. The molecule has 0 aliphatic heterocycles. The molecule has 6 heteroatoms. The van der Waals surface area contributed by atoms with Gasteiger partial charge in [0, 0.05) is 25.8 Å². The molecule has 0 aromatic heterocycles. The molecule has 2 aromatic rings. The van der Waals surface area contributed by atoms with Gasteiger partial charge in [0.1, 0.15) is 0 Å². The van der Waals surface area contributed by atoms with Crippen LogP contribution in [0.1, 0.15) is 5.56 Å². The van der Waals surface area contributed by atoms with E-state index in [4.69, 9.17) is 15.7 Å². The smallest absolute Gasteiger partial charge is 0.198 e. The summed E-state index contributed by atoms with van der Waals surface area (Å²) in [7, 11) is 3.64. The first kappa shape index (κ1) is 14.6. The predicted molar refractivity (Wildman–Crippen MR) is 76.3 cm³/mol. The van der Waals surface area contributed by atoms with Gasteiger partial charge in [0.25, 0.3) is 0 Å². The van der Waals surface area contributed by atoms with Gasteiger partial charge in [0.05, 0.1) is 17.3 Å². The molecule has 0 radical (unpaired) electrons. The van der Waals surface area contributed by atoms with Gasteiger partial charge in [-0.15, -0.1) is 0 Å². The van der Waals surface area contributed by atoms with Crippen LogP contribution in [-0.2, 0) is 0 Å². The van der Waals surface area contributed by atoms with E-state index in [1.807, 2.05) is 14.1 Å². The largest absolute Gasteiger partial charge is 0.449 e. The highest BCUT2D eigenvalue weighted by Crippen LogP contribution is 2.34. The SMILES string of the molecule is CN(C)c1ccc(N)c(Oc2c(F)cc(C#N)cc2F)c1. The van der Waals surface area contributed by atoms with Crippen LogP contribution >= 0.6 is 0 Å². The average molecular weight is 289 g/mol. The number of rotatable bonds is 3. The molecule has 0 heterocycles. The lowest BCUT2D eigenvalue weighted by atomic mass is 10.2. The Balaban J connectivity index is 2.43. The third-order valence-corrected chi connectivity index (χ3v) is 2.85. The van der Waals surface area contributed by atoms with Crippen LogP contribution in [-0.4, -0.2) is 14.1 Å². The Labute approximate surface area is 121 Å². The second kappa shape index (κ2) is 5.67. The van der Waals surface area contributed by atoms with Crippen LogP contribution in [0.2, 0.25) is 0 Å². The number of benzene rings is 2. The minimum absolute atomic E-state index is 0.118. The zero-order valence-corrected chi connectivity index (χ0v) is 11.5. The summed E-state index contributed by atoms with van der Waals surface area (Å²) in [4.78, 5) is 1.80. The molecule has 0 aliphatic carbocycles. The van der Waals surface area contributed by atoms with Crippen molar-refractivity contribution < 1.29 is 13.5 Å². The molecular weight excluding hydrogens is 276 g/mol. The van der Waals surface area contributed by atoms with Gasteiger partial charge >= 0.3 is 0 Å². The quantitative estimate of drug-likeness (QED) is 0.881. The first-order valence-electron chi connectivity index (χ1n) is 6.06. The predicted octanol–water partition coefficient (Wildman–Crippen LogP) is 3.28. The van der Waals surface area contributed by atoms with Crippen LogP contribution in [0, 0.1) is 23.0 Å². The van der Waals surface area contributed by atoms with Crippen LogP contribution in [0.15, 0.2) is 30.3 Å². The molecule has 0 aliphatic rings. The van der Waals surface area contributed by atoms with Crippen LogP contribution in [0.5, 0.6) is 11.5 Å². The Hall–Kier alpha value is -2.81. The number of hydrogen-bond donors (Lipinski definition) is 1. The van der Waals surface area contributed by atoms with Crippen molar-refractivity contribution in [3.8, 4) is 17.6 Å². The molecule has 0 fully saturated rings. The Morgan fingerprint density at radius 1 is 1.14 bits per heavy atom. The first-order chi connectivity index (χ1) is 9.92.